The number of amides is 1. The smallest absolute Gasteiger partial charge is 0.306 e. The Kier molecular flexibility index (Phi) is 6.22. The molecule has 1 rings (SSSR count). The van der Waals surface area contributed by atoms with Crippen molar-refractivity contribution in [2.24, 2.45) is 0 Å². The van der Waals surface area contributed by atoms with Crippen molar-refractivity contribution < 1.29 is 22.1 Å². The van der Waals surface area contributed by atoms with Crippen LogP contribution in [0.3, 0.4) is 0 Å². The standard InChI is InChI=1S/C15H23NO5S/c1-6-11(2)16(12(3)17)10-13-7-8-14(20-4)15(9-13)21-22(5,18)19/h7-9,11H,6,10H2,1-5H3/t11-/m0/s1. The third-order valence-electron chi connectivity index (χ3n) is 3.35. The molecule has 0 unspecified atom stereocenters. The molecule has 0 saturated carbocycles. The summed E-state index contributed by atoms with van der Waals surface area (Å²) in [7, 11) is -2.22. The molecular formula is C15H23NO5S. The van der Waals surface area contributed by atoms with Crippen LogP contribution in [0, 0.1) is 0 Å². The first kappa shape index (κ1) is 18.3. The van der Waals surface area contributed by atoms with Gasteiger partial charge in [0.05, 0.1) is 13.4 Å². The van der Waals surface area contributed by atoms with Crippen molar-refractivity contribution in [1.29, 1.82) is 0 Å². The maximum atomic E-state index is 11.8. The van der Waals surface area contributed by atoms with E-state index in [0.29, 0.717) is 12.3 Å². The van der Waals surface area contributed by atoms with Gasteiger partial charge in [-0.05, 0) is 31.0 Å². The third-order valence-corrected chi connectivity index (χ3v) is 3.83. The van der Waals surface area contributed by atoms with Crippen LogP contribution in [0.5, 0.6) is 11.5 Å². The lowest BCUT2D eigenvalue weighted by atomic mass is 10.1. The Morgan fingerprint density at radius 1 is 1.32 bits per heavy atom. The summed E-state index contributed by atoms with van der Waals surface area (Å²) >= 11 is 0. The summed E-state index contributed by atoms with van der Waals surface area (Å²) < 4.78 is 32.7. The predicted molar refractivity (Wildman–Crippen MR) is 84.4 cm³/mol. The normalized spacial score (nSPS) is 12.6. The van der Waals surface area contributed by atoms with E-state index in [2.05, 4.69) is 0 Å². The second-order valence-corrected chi connectivity index (χ2v) is 6.75. The summed E-state index contributed by atoms with van der Waals surface area (Å²) in [5.74, 6) is 0.415. The Bertz CT molecular complexity index is 627. The van der Waals surface area contributed by atoms with Crippen LogP contribution in [0.25, 0.3) is 0 Å². The first-order chi connectivity index (χ1) is 10.2. The van der Waals surface area contributed by atoms with Gasteiger partial charge in [0.15, 0.2) is 11.5 Å². The summed E-state index contributed by atoms with van der Waals surface area (Å²) in [6.07, 6.45) is 1.81. The van der Waals surface area contributed by atoms with Crippen LogP contribution in [0.4, 0.5) is 0 Å². The molecule has 1 aromatic carbocycles. The Labute approximate surface area is 132 Å². The molecule has 0 spiro atoms. The molecule has 0 N–H and O–H groups in total. The van der Waals surface area contributed by atoms with Gasteiger partial charge in [-0.15, -0.1) is 0 Å². The van der Waals surface area contributed by atoms with Crippen LogP contribution < -0.4 is 8.92 Å². The molecule has 7 heteroatoms. The van der Waals surface area contributed by atoms with Crippen LogP contribution in [0.1, 0.15) is 32.8 Å². The molecule has 0 bridgehead atoms. The third kappa shape index (κ3) is 5.22. The molecule has 0 saturated heterocycles. The molecule has 0 aromatic heterocycles. The molecule has 0 aliphatic carbocycles. The molecule has 0 aliphatic rings. The number of methoxy groups -OCH3 is 1. The predicted octanol–water partition coefficient (Wildman–Crippen LogP) is 2.18. The topological polar surface area (TPSA) is 72.9 Å². The second-order valence-electron chi connectivity index (χ2n) is 5.18. The number of benzene rings is 1. The minimum absolute atomic E-state index is 0.0317. The van der Waals surface area contributed by atoms with E-state index in [1.807, 2.05) is 13.8 Å². The highest BCUT2D eigenvalue weighted by atomic mass is 32.2. The SMILES string of the molecule is CC[C@H](C)N(Cc1ccc(OC)c(OS(C)(=O)=O)c1)C(C)=O. The van der Waals surface area contributed by atoms with Crippen molar-refractivity contribution in [1.82, 2.24) is 4.90 Å². The summed E-state index contributed by atoms with van der Waals surface area (Å²) in [5, 5.41) is 0. The van der Waals surface area contributed by atoms with Crippen LogP contribution in [0.15, 0.2) is 18.2 Å². The first-order valence-electron chi connectivity index (χ1n) is 7.01. The number of carbonyl (C=O) groups excluding carboxylic acids is 1. The second kappa shape index (κ2) is 7.49. The highest BCUT2D eigenvalue weighted by molar-refractivity contribution is 7.86. The fourth-order valence-corrected chi connectivity index (χ4v) is 2.50. The minimum Gasteiger partial charge on any atom is -0.493 e. The fourth-order valence-electron chi connectivity index (χ4n) is 2.04. The fraction of sp³-hybridized carbons (Fsp3) is 0.533. The molecule has 0 radical (unpaired) electrons. The summed E-state index contributed by atoms with van der Waals surface area (Å²) in [4.78, 5) is 13.5. The monoisotopic (exact) mass is 329 g/mol. The van der Waals surface area contributed by atoms with Crippen molar-refractivity contribution in [3.8, 4) is 11.5 Å². The molecular weight excluding hydrogens is 306 g/mol. The highest BCUT2D eigenvalue weighted by Gasteiger charge is 2.17. The van der Waals surface area contributed by atoms with Gasteiger partial charge in [0, 0.05) is 19.5 Å². The Hall–Kier alpha value is -1.76. The van der Waals surface area contributed by atoms with Crippen LogP contribution in [0.2, 0.25) is 0 Å². The van der Waals surface area contributed by atoms with Gasteiger partial charge in [0.1, 0.15) is 0 Å². The number of carbonyl (C=O) groups is 1. The average Bonchev–Trinajstić information content (AvgIpc) is 2.42. The molecule has 1 atom stereocenters. The zero-order valence-corrected chi connectivity index (χ0v) is 14.4. The van der Waals surface area contributed by atoms with Crippen molar-refractivity contribution in [2.45, 2.75) is 39.8 Å². The Morgan fingerprint density at radius 2 is 1.95 bits per heavy atom. The lowest BCUT2D eigenvalue weighted by molar-refractivity contribution is -0.131. The summed E-state index contributed by atoms with van der Waals surface area (Å²) in [6, 6.07) is 5.09. The van der Waals surface area contributed by atoms with Gasteiger partial charge >= 0.3 is 10.1 Å². The zero-order chi connectivity index (χ0) is 16.9. The van der Waals surface area contributed by atoms with Gasteiger partial charge in [-0.2, -0.15) is 8.42 Å². The summed E-state index contributed by atoms with van der Waals surface area (Å²) in [5.41, 5.74) is 0.773. The van der Waals surface area contributed by atoms with E-state index >= 15 is 0 Å². The van der Waals surface area contributed by atoms with Crippen LogP contribution >= 0.6 is 0 Å². The zero-order valence-electron chi connectivity index (χ0n) is 13.6. The number of nitrogens with zero attached hydrogens (tertiary/aromatic N) is 1. The van der Waals surface area contributed by atoms with Gasteiger partial charge in [-0.1, -0.05) is 13.0 Å². The molecule has 0 heterocycles. The molecule has 1 amide bonds. The van der Waals surface area contributed by atoms with Crippen molar-refractivity contribution in [3.05, 3.63) is 23.8 Å². The van der Waals surface area contributed by atoms with Gasteiger partial charge in [-0.3, -0.25) is 4.79 Å². The maximum absolute atomic E-state index is 11.8. The minimum atomic E-state index is -3.65. The molecule has 0 fully saturated rings. The van der Waals surface area contributed by atoms with E-state index in [0.717, 1.165) is 18.2 Å². The number of hydrogen-bond donors (Lipinski definition) is 0. The number of hydrogen-bond acceptors (Lipinski definition) is 5. The van der Waals surface area contributed by atoms with E-state index in [-0.39, 0.29) is 17.7 Å². The average molecular weight is 329 g/mol. The van der Waals surface area contributed by atoms with E-state index in [1.54, 1.807) is 23.1 Å². The molecule has 6 nitrogen and oxygen atoms in total. The van der Waals surface area contributed by atoms with Crippen molar-refractivity contribution in [2.75, 3.05) is 13.4 Å². The molecule has 1 aromatic rings. The lowest BCUT2D eigenvalue weighted by Crippen LogP contribution is -2.36. The lowest BCUT2D eigenvalue weighted by Gasteiger charge is -2.27. The Morgan fingerprint density at radius 3 is 2.41 bits per heavy atom. The van der Waals surface area contributed by atoms with Gasteiger partial charge in [-0.25, -0.2) is 0 Å². The van der Waals surface area contributed by atoms with Crippen molar-refractivity contribution in [3.63, 3.8) is 0 Å². The van der Waals surface area contributed by atoms with E-state index in [1.165, 1.54) is 14.0 Å². The highest BCUT2D eigenvalue weighted by Crippen LogP contribution is 2.30. The first-order valence-corrected chi connectivity index (χ1v) is 8.83. The van der Waals surface area contributed by atoms with Crippen molar-refractivity contribution >= 4 is 16.0 Å². The largest absolute Gasteiger partial charge is 0.493 e. The number of ether oxygens (including phenoxy) is 1. The van der Waals surface area contributed by atoms with Gasteiger partial charge in [0.2, 0.25) is 5.91 Å². The molecule has 0 aliphatic heterocycles. The summed E-state index contributed by atoms with van der Waals surface area (Å²) in [6.45, 7) is 5.88. The van der Waals surface area contributed by atoms with Crippen LogP contribution in [-0.2, 0) is 21.5 Å². The van der Waals surface area contributed by atoms with Gasteiger partial charge in [0.25, 0.3) is 0 Å². The maximum Gasteiger partial charge on any atom is 0.306 e. The number of rotatable bonds is 7. The Balaban J connectivity index is 3.10. The molecule has 22 heavy (non-hydrogen) atoms. The quantitative estimate of drug-likeness (QED) is 0.717. The molecule has 124 valence electrons. The van der Waals surface area contributed by atoms with Crippen LogP contribution in [-0.4, -0.2) is 38.6 Å². The van der Waals surface area contributed by atoms with E-state index < -0.39 is 10.1 Å². The van der Waals surface area contributed by atoms with E-state index in [4.69, 9.17) is 8.92 Å². The van der Waals surface area contributed by atoms with E-state index in [9.17, 15) is 13.2 Å². The van der Waals surface area contributed by atoms with Gasteiger partial charge < -0.3 is 13.8 Å².